The van der Waals surface area contributed by atoms with E-state index >= 15 is 0 Å². The van der Waals surface area contributed by atoms with Gasteiger partial charge in [-0.15, -0.1) is 11.3 Å². The van der Waals surface area contributed by atoms with Crippen LogP contribution in [0.1, 0.15) is 61.8 Å². The van der Waals surface area contributed by atoms with Crippen LogP contribution in [0.25, 0.3) is 10.2 Å². The number of aryl methyl sites for hydroxylation is 2. The molecule has 7 heteroatoms. The van der Waals surface area contributed by atoms with Gasteiger partial charge in [0, 0.05) is 17.9 Å². The van der Waals surface area contributed by atoms with Crippen LogP contribution < -0.4 is 5.56 Å². The Morgan fingerprint density at radius 2 is 1.93 bits per heavy atom. The van der Waals surface area contributed by atoms with E-state index in [0.717, 1.165) is 68.2 Å². The molecule has 0 radical (unpaired) electrons. The number of ether oxygens (including phenoxy) is 1. The quantitative estimate of drug-likeness (QED) is 0.699. The molecule has 2 aromatic rings. The minimum absolute atomic E-state index is 0.0663. The van der Waals surface area contributed by atoms with Gasteiger partial charge in [0.25, 0.3) is 5.56 Å². The standard InChI is InChI=1S/C21H26N2O3S2/c24-15-8-2-4-10-17(15)28-21-22-19-18(14-7-1-3-9-16(14)27-19)20(25)23(21)12-13-6-5-11-26-13/h13,17H,1-12H2/t13-,17-/m1/s1. The Balaban J connectivity index is 1.59. The van der Waals surface area contributed by atoms with Crippen LogP contribution in [0.4, 0.5) is 0 Å². The van der Waals surface area contributed by atoms with Crippen molar-refractivity contribution in [3.8, 4) is 0 Å². The number of carbonyl (C=O) groups excluding carboxylic acids is 1. The number of hydrogen-bond acceptors (Lipinski definition) is 6. The molecule has 2 aliphatic carbocycles. The highest BCUT2D eigenvalue weighted by molar-refractivity contribution is 8.00. The number of aromatic nitrogens is 2. The molecule has 2 atom stereocenters. The Kier molecular flexibility index (Phi) is 5.32. The fourth-order valence-corrected chi connectivity index (χ4v) is 7.19. The number of fused-ring (bicyclic) bond motifs is 3. The van der Waals surface area contributed by atoms with Crippen LogP contribution in [0.2, 0.25) is 0 Å². The Morgan fingerprint density at radius 3 is 2.75 bits per heavy atom. The highest BCUT2D eigenvalue weighted by Crippen LogP contribution is 2.36. The van der Waals surface area contributed by atoms with E-state index < -0.39 is 0 Å². The first kappa shape index (κ1) is 18.8. The molecule has 2 fully saturated rings. The number of Topliss-reactive ketones (excluding diaryl/α,β-unsaturated/α-hetero) is 1. The summed E-state index contributed by atoms with van der Waals surface area (Å²) in [6.45, 7) is 1.32. The number of hydrogen-bond donors (Lipinski definition) is 0. The van der Waals surface area contributed by atoms with Crippen molar-refractivity contribution in [2.24, 2.45) is 0 Å². The molecule has 1 aliphatic heterocycles. The number of thioether (sulfide) groups is 1. The van der Waals surface area contributed by atoms with Crippen LogP contribution in [0.15, 0.2) is 9.95 Å². The summed E-state index contributed by atoms with van der Waals surface area (Å²) in [5.41, 5.74) is 1.31. The monoisotopic (exact) mass is 418 g/mol. The average Bonchev–Trinajstić information content (AvgIpc) is 3.33. The molecule has 3 heterocycles. The van der Waals surface area contributed by atoms with Crippen LogP contribution in [0.5, 0.6) is 0 Å². The summed E-state index contributed by atoms with van der Waals surface area (Å²) < 4.78 is 7.65. The summed E-state index contributed by atoms with van der Waals surface area (Å²) in [6, 6.07) is 0. The van der Waals surface area contributed by atoms with Crippen LogP contribution >= 0.6 is 23.1 Å². The predicted octanol–water partition coefficient (Wildman–Crippen LogP) is 4.12. The molecule has 0 bridgehead atoms. The van der Waals surface area contributed by atoms with Crippen LogP contribution in [0, 0.1) is 0 Å². The van der Waals surface area contributed by atoms with Gasteiger partial charge in [0.2, 0.25) is 0 Å². The van der Waals surface area contributed by atoms with Gasteiger partial charge in [-0.3, -0.25) is 14.2 Å². The van der Waals surface area contributed by atoms with Gasteiger partial charge in [-0.25, -0.2) is 4.98 Å². The molecule has 0 amide bonds. The summed E-state index contributed by atoms with van der Waals surface area (Å²) in [7, 11) is 0. The lowest BCUT2D eigenvalue weighted by molar-refractivity contribution is -0.119. The topological polar surface area (TPSA) is 61.2 Å². The average molecular weight is 419 g/mol. The van der Waals surface area contributed by atoms with E-state index in [1.807, 2.05) is 4.57 Å². The molecule has 0 aromatic carbocycles. The Labute approximate surface area is 172 Å². The zero-order chi connectivity index (χ0) is 19.1. The van der Waals surface area contributed by atoms with Gasteiger partial charge in [-0.05, 0) is 56.9 Å². The molecule has 0 N–H and O–H groups in total. The SMILES string of the molecule is O=C1CCCC[C@H]1Sc1nc2sc3c(c2c(=O)n1C[C@H]1CCCO1)CCCC3. The first-order chi connectivity index (χ1) is 13.7. The zero-order valence-corrected chi connectivity index (χ0v) is 17.7. The molecule has 28 heavy (non-hydrogen) atoms. The second kappa shape index (κ2) is 7.92. The Hall–Kier alpha value is -1.18. The smallest absolute Gasteiger partial charge is 0.263 e. The third kappa shape index (κ3) is 3.46. The van der Waals surface area contributed by atoms with Crippen molar-refractivity contribution in [1.82, 2.24) is 9.55 Å². The van der Waals surface area contributed by atoms with Crippen molar-refractivity contribution in [2.45, 2.75) is 87.3 Å². The predicted molar refractivity (Wildman–Crippen MR) is 113 cm³/mol. The van der Waals surface area contributed by atoms with Crippen molar-refractivity contribution < 1.29 is 9.53 Å². The fraction of sp³-hybridized carbons (Fsp3) is 0.667. The molecule has 5 nitrogen and oxygen atoms in total. The number of nitrogens with zero attached hydrogens (tertiary/aromatic N) is 2. The van der Waals surface area contributed by atoms with E-state index in [9.17, 15) is 9.59 Å². The van der Waals surface area contributed by atoms with Crippen LogP contribution in [-0.2, 0) is 28.9 Å². The van der Waals surface area contributed by atoms with Gasteiger partial charge in [0.1, 0.15) is 10.6 Å². The number of ketones is 1. The summed E-state index contributed by atoms with van der Waals surface area (Å²) in [4.78, 5) is 33.1. The lowest BCUT2D eigenvalue weighted by Gasteiger charge is -2.22. The van der Waals surface area contributed by atoms with Gasteiger partial charge in [-0.2, -0.15) is 0 Å². The fourth-order valence-electron chi connectivity index (χ4n) is 4.67. The molecule has 1 saturated carbocycles. The Bertz CT molecular complexity index is 959. The van der Waals surface area contributed by atoms with E-state index in [1.54, 1.807) is 11.3 Å². The second-order valence-electron chi connectivity index (χ2n) is 8.15. The lowest BCUT2D eigenvalue weighted by Crippen LogP contribution is -2.30. The van der Waals surface area contributed by atoms with Crippen molar-refractivity contribution in [3.05, 3.63) is 20.8 Å². The number of rotatable bonds is 4. The van der Waals surface area contributed by atoms with Crippen LogP contribution in [0.3, 0.4) is 0 Å². The molecule has 0 spiro atoms. The van der Waals surface area contributed by atoms with E-state index in [1.165, 1.54) is 28.6 Å². The van der Waals surface area contributed by atoms with Gasteiger partial charge in [-0.1, -0.05) is 18.2 Å². The first-order valence-electron chi connectivity index (χ1n) is 10.6. The molecule has 2 aromatic heterocycles. The summed E-state index contributed by atoms with van der Waals surface area (Å²) in [6.07, 6.45) is 10.1. The van der Waals surface area contributed by atoms with Crippen molar-refractivity contribution in [1.29, 1.82) is 0 Å². The molecule has 0 unspecified atom stereocenters. The maximum atomic E-state index is 13.6. The third-order valence-corrected chi connectivity index (χ3v) is 8.69. The lowest BCUT2D eigenvalue weighted by atomic mass is 9.97. The minimum atomic E-state index is -0.0663. The Morgan fingerprint density at radius 1 is 1.07 bits per heavy atom. The maximum absolute atomic E-state index is 13.6. The second-order valence-corrected chi connectivity index (χ2v) is 10.4. The highest BCUT2D eigenvalue weighted by atomic mass is 32.2. The van der Waals surface area contributed by atoms with E-state index in [-0.39, 0.29) is 16.9 Å². The van der Waals surface area contributed by atoms with E-state index in [0.29, 0.717) is 23.9 Å². The summed E-state index contributed by atoms with van der Waals surface area (Å²) in [5.74, 6) is 0.305. The summed E-state index contributed by atoms with van der Waals surface area (Å²) >= 11 is 3.20. The largest absolute Gasteiger partial charge is 0.376 e. The van der Waals surface area contributed by atoms with Crippen molar-refractivity contribution >= 4 is 39.1 Å². The molecule has 150 valence electrons. The molecule has 1 saturated heterocycles. The highest BCUT2D eigenvalue weighted by Gasteiger charge is 2.29. The zero-order valence-electron chi connectivity index (χ0n) is 16.1. The molecular weight excluding hydrogens is 392 g/mol. The van der Waals surface area contributed by atoms with Gasteiger partial charge in [0.05, 0.1) is 23.3 Å². The van der Waals surface area contributed by atoms with E-state index in [4.69, 9.17) is 9.72 Å². The summed E-state index contributed by atoms with van der Waals surface area (Å²) in [5, 5.41) is 1.48. The minimum Gasteiger partial charge on any atom is -0.376 e. The van der Waals surface area contributed by atoms with E-state index in [2.05, 4.69) is 0 Å². The first-order valence-corrected chi connectivity index (χ1v) is 12.3. The van der Waals surface area contributed by atoms with Gasteiger partial charge < -0.3 is 4.74 Å². The molecule has 3 aliphatic rings. The maximum Gasteiger partial charge on any atom is 0.263 e. The van der Waals surface area contributed by atoms with Gasteiger partial charge in [0.15, 0.2) is 5.16 Å². The number of carbonyl (C=O) groups is 1. The van der Waals surface area contributed by atoms with Crippen molar-refractivity contribution in [3.63, 3.8) is 0 Å². The van der Waals surface area contributed by atoms with Gasteiger partial charge >= 0.3 is 0 Å². The van der Waals surface area contributed by atoms with Crippen LogP contribution in [-0.4, -0.2) is 33.3 Å². The van der Waals surface area contributed by atoms with Crippen molar-refractivity contribution in [2.75, 3.05) is 6.61 Å². The normalized spacial score (nSPS) is 25.4. The molecule has 5 rings (SSSR count). The molecular formula is C21H26N2O3S2. The number of thiophene rings is 1. The third-order valence-electron chi connectivity index (χ3n) is 6.20.